The highest BCUT2D eigenvalue weighted by Crippen LogP contribution is 2.17. The molecule has 2 aromatic carbocycles. The Labute approximate surface area is 137 Å². The molecule has 0 saturated carbocycles. The normalized spacial score (nSPS) is 11.7. The van der Waals surface area contributed by atoms with Crippen LogP contribution >= 0.6 is 0 Å². The summed E-state index contributed by atoms with van der Waals surface area (Å²) in [6.07, 6.45) is -1.29. The molecule has 2 aromatic rings. The molecule has 0 bridgehead atoms. The fourth-order valence-electron chi connectivity index (χ4n) is 2.05. The van der Waals surface area contributed by atoms with Crippen LogP contribution in [0.15, 0.2) is 42.5 Å². The van der Waals surface area contributed by atoms with Gasteiger partial charge in [0.15, 0.2) is 0 Å². The Balaban J connectivity index is 1.94. The molecule has 3 N–H and O–H groups in total. The van der Waals surface area contributed by atoms with Crippen molar-refractivity contribution in [1.29, 1.82) is 0 Å². The smallest absolute Gasteiger partial charge is 0.313 e. The van der Waals surface area contributed by atoms with E-state index >= 15 is 0 Å². The maximum absolute atomic E-state index is 13.5. The third-order valence-electron chi connectivity index (χ3n) is 3.44. The number of rotatable bonds is 4. The van der Waals surface area contributed by atoms with Crippen molar-refractivity contribution in [2.45, 2.75) is 13.0 Å². The number of amides is 2. The molecular formula is C17H16F2N2O3. The van der Waals surface area contributed by atoms with Gasteiger partial charge in [0.25, 0.3) is 0 Å². The standard InChI is InChI=1S/C17H16F2N2O3/c1-10-12(18)7-4-8-14(10)21-17(24)16(23)20-9-15(22)11-5-2-3-6-13(11)19/h2-8,15,22H,9H2,1H3,(H,20,23)(H,21,24). The lowest BCUT2D eigenvalue weighted by atomic mass is 10.1. The number of aliphatic hydroxyl groups excluding tert-OH is 1. The summed E-state index contributed by atoms with van der Waals surface area (Å²) in [7, 11) is 0. The van der Waals surface area contributed by atoms with Crippen molar-refractivity contribution in [3.8, 4) is 0 Å². The largest absolute Gasteiger partial charge is 0.386 e. The molecule has 0 aliphatic carbocycles. The number of hydrogen-bond donors (Lipinski definition) is 3. The predicted molar refractivity (Wildman–Crippen MR) is 84.1 cm³/mol. The van der Waals surface area contributed by atoms with Crippen molar-refractivity contribution in [3.63, 3.8) is 0 Å². The number of nitrogens with one attached hydrogen (secondary N) is 2. The molecule has 0 heterocycles. The van der Waals surface area contributed by atoms with Gasteiger partial charge in [-0.1, -0.05) is 24.3 Å². The Morgan fingerprint density at radius 2 is 1.71 bits per heavy atom. The van der Waals surface area contributed by atoms with Gasteiger partial charge in [0.1, 0.15) is 11.6 Å². The van der Waals surface area contributed by atoms with Crippen LogP contribution in [-0.2, 0) is 9.59 Å². The first-order chi connectivity index (χ1) is 11.4. The predicted octanol–water partition coefficient (Wildman–Crippen LogP) is 2.06. The van der Waals surface area contributed by atoms with Gasteiger partial charge in [-0.15, -0.1) is 0 Å². The van der Waals surface area contributed by atoms with Crippen LogP contribution in [-0.4, -0.2) is 23.5 Å². The van der Waals surface area contributed by atoms with Crippen LogP contribution in [0.5, 0.6) is 0 Å². The lowest BCUT2D eigenvalue weighted by Crippen LogP contribution is -2.37. The molecule has 2 rings (SSSR count). The molecule has 5 nitrogen and oxygen atoms in total. The van der Waals surface area contributed by atoms with Crippen molar-refractivity contribution in [2.24, 2.45) is 0 Å². The molecule has 0 aliphatic rings. The second kappa shape index (κ2) is 7.65. The highest BCUT2D eigenvalue weighted by Gasteiger charge is 2.18. The SMILES string of the molecule is Cc1c(F)cccc1NC(=O)C(=O)NCC(O)c1ccccc1F. The second-order valence-electron chi connectivity index (χ2n) is 5.11. The minimum absolute atomic E-state index is 0.0131. The molecule has 0 fully saturated rings. The van der Waals surface area contributed by atoms with Crippen LogP contribution in [0.3, 0.4) is 0 Å². The first-order valence-electron chi connectivity index (χ1n) is 7.17. The van der Waals surface area contributed by atoms with E-state index in [4.69, 9.17) is 0 Å². The summed E-state index contributed by atoms with van der Waals surface area (Å²) in [5.41, 5.74) is 0.383. The van der Waals surface area contributed by atoms with E-state index in [9.17, 15) is 23.5 Å². The fourth-order valence-corrected chi connectivity index (χ4v) is 2.05. The first-order valence-corrected chi connectivity index (χ1v) is 7.17. The highest BCUT2D eigenvalue weighted by atomic mass is 19.1. The topological polar surface area (TPSA) is 78.4 Å². The molecule has 0 aromatic heterocycles. The van der Waals surface area contributed by atoms with Gasteiger partial charge in [0.2, 0.25) is 0 Å². The maximum atomic E-state index is 13.5. The molecule has 1 unspecified atom stereocenters. The molecule has 0 aliphatic heterocycles. The minimum atomic E-state index is -1.29. The summed E-state index contributed by atoms with van der Waals surface area (Å²) < 4.78 is 26.9. The van der Waals surface area contributed by atoms with Crippen LogP contribution in [0, 0.1) is 18.6 Å². The second-order valence-corrected chi connectivity index (χ2v) is 5.11. The van der Waals surface area contributed by atoms with Crippen LogP contribution < -0.4 is 10.6 Å². The third kappa shape index (κ3) is 4.14. The summed E-state index contributed by atoms with van der Waals surface area (Å²) in [5.74, 6) is -3.15. The minimum Gasteiger partial charge on any atom is -0.386 e. The fraction of sp³-hybridized carbons (Fsp3) is 0.176. The van der Waals surface area contributed by atoms with Crippen molar-refractivity contribution in [2.75, 3.05) is 11.9 Å². The molecule has 0 radical (unpaired) electrons. The summed E-state index contributed by atoms with van der Waals surface area (Å²) in [5, 5.41) is 14.3. The van der Waals surface area contributed by atoms with Crippen LogP contribution in [0.2, 0.25) is 0 Å². The molecule has 0 spiro atoms. The third-order valence-corrected chi connectivity index (χ3v) is 3.44. The zero-order chi connectivity index (χ0) is 17.7. The number of aliphatic hydroxyl groups is 1. The van der Waals surface area contributed by atoms with E-state index in [1.165, 1.54) is 43.3 Å². The average Bonchev–Trinajstić information content (AvgIpc) is 2.56. The van der Waals surface area contributed by atoms with E-state index < -0.39 is 29.6 Å². The average molecular weight is 334 g/mol. The Morgan fingerprint density at radius 1 is 1.04 bits per heavy atom. The maximum Gasteiger partial charge on any atom is 0.313 e. The zero-order valence-electron chi connectivity index (χ0n) is 12.8. The Kier molecular flexibility index (Phi) is 5.59. The van der Waals surface area contributed by atoms with Crippen molar-refractivity contribution >= 4 is 17.5 Å². The quantitative estimate of drug-likeness (QED) is 0.749. The number of carbonyl (C=O) groups excluding carboxylic acids is 2. The van der Waals surface area contributed by atoms with Gasteiger partial charge < -0.3 is 15.7 Å². The summed E-state index contributed by atoms with van der Waals surface area (Å²) in [4.78, 5) is 23.5. The van der Waals surface area contributed by atoms with Gasteiger partial charge in [-0.25, -0.2) is 8.78 Å². The van der Waals surface area contributed by atoms with Crippen molar-refractivity contribution < 1.29 is 23.5 Å². The van der Waals surface area contributed by atoms with E-state index in [1.807, 2.05) is 0 Å². The number of benzene rings is 2. The number of carbonyl (C=O) groups is 2. The number of halogens is 2. The van der Waals surface area contributed by atoms with Gasteiger partial charge in [-0.2, -0.15) is 0 Å². The van der Waals surface area contributed by atoms with Crippen molar-refractivity contribution in [3.05, 3.63) is 65.2 Å². The number of anilines is 1. The summed E-state index contributed by atoms with van der Waals surface area (Å²) in [6.45, 7) is 1.13. The molecule has 126 valence electrons. The van der Waals surface area contributed by atoms with Gasteiger partial charge in [0, 0.05) is 23.4 Å². The van der Waals surface area contributed by atoms with Crippen LogP contribution in [0.1, 0.15) is 17.2 Å². The van der Waals surface area contributed by atoms with E-state index in [0.717, 1.165) is 0 Å². The summed E-state index contributed by atoms with van der Waals surface area (Å²) >= 11 is 0. The molecule has 2 amide bonds. The van der Waals surface area contributed by atoms with Crippen molar-refractivity contribution in [1.82, 2.24) is 5.32 Å². The molecule has 0 saturated heterocycles. The molecule has 1 atom stereocenters. The van der Waals surface area contributed by atoms with Gasteiger partial charge in [-0.05, 0) is 25.1 Å². The van der Waals surface area contributed by atoms with Gasteiger partial charge in [0.05, 0.1) is 6.10 Å². The zero-order valence-corrected chi connectivity index (χ0v) is 12.8. The molecule has 24 heavy (non-hydrogen) atoms. The van der Waals surface area contributed by atoms with E-state index in [-0.39, 0.29) is 23.4 Å². The first kappa shape index (κ1) is 17.6. The highest BCUT2D eigenvalue weighted by molar-refractivity contribution is 6.39. The Bertz CT molecular complexity index is 765. The van der Waals surface area contributed by atoms with E-state index in [2.05, 4.69) is 10.6 Å². The summed E-state index contributed by atoms with van der Waals surface area (Å²) in [6, 6.07) is 9.66. The lowest BCUT2D eigenvalue weighted by molar-refractivity contribution is -0.136. The monoisotopic (exact) mass is 334 g/mol. The van der Waals surface area contributed by atoms with Crippen LogP contribution in [0.4, 0.5) is 14.5 Å². The van der Waals surface area contributed by atoms with Gasteiger partial charge >= 0.3 is 11.8 Å². The molecule has 7 heteroatoms. The van der Waals surface area contributed by atoms with E-state index in [1.54, 1.807) is 6.07 Å². The Morgan fingerprint density at radius 3 is 2.42 bits per heavy atom. The van der Waals surface area contributed by atoms with Gasteiger partial charge in [-0.3, -0.25) is 9.59 Å². The lowest BCUT2D eigenvalue weighted by Gasteiger charge is -2.13. The molecular weight excluding hydrogens is 318 g/mol. The number of hydrogen-bond acceptors (Lipinski definition) is 3. The Hall–Kier alpha value is -2.80. The van der Waals surface area contributed by atoms with Crippen LogP contribution in [0.25, 0.3) is 0 Å². The van der Waals surface area contributed by atoms with E-state index in [0.29, 0.717) is 0 Å².